The summed E-state index contributed by atoms with van der Waals surface area (Å²) in [5.41, 5.74) is 1.06. The van der Waals surface area contributed by atoms with Crippen molar-refractivity contribution in [2.45, 2.75) is 26.2 Å². The van der Waals surface area contributed by atoms with Crippen LogP contribution in [0.15, 0.2) is 30.3 Å². The average Bonchev–Trinajstić information content (AvgIpc) is 2.19. The third-order valence-electron chi connectivity index (χ3n) is 1.81. The van der Waals surface area contributed by atoms with Gasteiger partial charge in [-0.1, -0.05) is 30.3 Å². The molecule has 0 aromatic heterocycles. The van der Waals surface area contributed by atoms with E-state index < -0.39 is 6.29 Å². The summed E-state index contributed by atoms with van der Waals surface area (Å²) in [5, 5.41) is 8.31. The summed E-state index contributed by atoms with van der Waals surface area (Å²) in [4.78, 5) is 4.02. The minimum Gasteiger partial charge on any atom is -0.342 e. The lowest BCUT2D eigenvalue weighted by Crippen LogP contribution is -2.13. The van der Waals surface area contributed by atoms with Gasteiger partial charge in [0.15, 0.2) is 6.29 Å². The Labute approximate surface area is 77.8 Å². The Hall–Kier alpha value is -0.900. The van der Waals surface area contributed by atoms with E-state index in [0.29, 0.717) is 0 Å². The van der Waals surface area contributed by atoms with Crippen molar-refractivity contribution in [1.82, 2.24) is 0 Å². The Bertz CT molecular complexity index is 235. The van der Waals surface area contributed by atoms with Gasteiger partial charge in [0.25, 0.3) is 0 Å². The van der Waals surface area contributed by atoms with Crippen molar-refractivity contribution in [3.8, 4) is 0 Å². The number of hydrogen-bond donors (Lipinski definition) is 1. The van der Waals surface area contributed by atoms with Crippen molar-refractivity contribution >= 4 is 0 Å². The normalized spacial score (nSPS) is 15.3. The Kier molecular flexibility index (Phi) is 3.89. The van der Waals surface area contributed by atoms with Gasteiger partial charge in [0.05, 0.1) is 6.10 Å². The first kappa shape index (κ1) is 10.2. The van der Waals surface area contributed by atoms with Gasteiger partial charge in [0.2, 0.25) is 0 Å². The van der Waals surface area contributed by atoms with Crippen molar-refractivity contribution in [3.05, 3.63) is 35.9 Å². The molecule has 72 valence electrons. The van der Waals surface area contributed by atoms with Crippen LogP contribution in [0.3, 0.4) is 0 Å². The molecular weight excluding hydrogens is 168 g/mol. The highest BCUT2D eigenvalue weighted by Crippen LogP contribution is 2.17. The largest absolute Gasteiger partial charge is 0.342 e. The molecule has 2 unspecified atom stereocenters. The highest BCUT2D eigenvalue weighted by Gasteiger charge is 2.09. The van der Waals surface area contributed by atoms with Gasteiger partial charge < -0.3 is 4.74 Å². The molecule has 1 rings (SSSR count). The molecule has 3 heteroatoms. The maximum atomic E-state index is 8.31. The minimum absolute atomic E-state index is 0.0802. The SMILES string of the molecule is CC(OO)OC(C)c1ccccc1. The van der Waals surface area contributed by atoms with E-state index in [0.717, 1.165) is 5.56 Å². The summed E-state index contributed by atoms with van der Waals surface area (Å²) in [6.07, 6.45) is -0.682. The van der Waals surface area contributed by atoms with Crippen LogP contribution in [0.4, 0.5) is 0 Å². The van der Waals surface area contributed by atoms with Crippen LogP contribution in [-0.2, 0) is 9.62 Å². The summed E-state index contributed by atoms with van der Waals surface area (Å²) in [7, 11) is 0. The molecule has 3 nitrogen and oxygen atoms in total. The van der Waals surface area contributed by atoms with Crippen LogP contribution in [0.1, 0.15) is 25.5 Å². The van der Waals surface area contributed by atoms with Gasteiger partial charge in [0, 0.05) is 0 Å². The lowest BCUT2D eigenvalue weighted by molar-refractivity contribution is -0.347. The second kappa shape index (κ2) is 4.97. The van der Waals surface area contributed by atoms with Crippen LogP contribution in [0.2, 0.25) is 0 Å². The molecule has 2 atom stereocenters. The van der Waals surface area contributed by atoms with Gasteiger partial charge in [0.1, 0.15) is 0 Å². The van der Waals surface area contributed by atoms with Crippen LogP contribution in [0.5, 0.6) is 0 Å². The zero-order valence-corrected chi connectivity index (χ0v) is 7.81. The Morgan fingerprint density at radius 3 is 2.31 bits per heavy atom. The van der Waals surface area contributed by atoms with Gasteiger partial charge in [-0.15, -0.1) is 0 Å². The van der Waals surface area contributed by atoms with Crippen LogP contribution in [0, 0.1) is 0 Å². The summed E-state index contributed by atoms with van der Waals surface area (Å²) in [6.45, 7) is 3.55. The van der Waals surface area contributed by atoms with Crippen molar-refractivity contribution in [2.75, 3.05) is 0 Å². The molecule has 0 heterocycles. The number of ether oxygens (including phenoxy) is 1. The van der Waals surface area contributed by atoms with E-state index >= 15 is 0 Å². The zero-order chi connectivity index (χ0) is 9.68. The number of hydrogen-bond acceptors (Lipinski definition) is 3. The third-order valence-corrected chi connectivity index (χ3v) is 1.81. The molecule has 13 heavy (non-hydrogen) atoms. The lowest BCUT2D eigenvalue weighted by atomic mass is 10.1. The van der Waals surface area contributed by atoms with Gasteiger partial charge in [-0.2, -0.15) is 0 Å². The molecule has 0 aliphatic rings. The molecule has 0 saturated carbocycles. The second-order valence-electron chi connectivity index (χ2n) is 2.86. The Morgan fingerprint density at radius 2 is 1.77 bits per heavy atom. The summed E-state index contributed by atoms with van der Waals surface area (Å²) < 4.78 is 5.31. The first-order valence-corrected chi connectivity index (χ1v) is 4.24. The molecule has 0 saturated heterocycles. The predicted octanol–water partition coefficient (Wildman–Crippen LogP) is 2.60. The zero-order valence-electron chi connectivity index (χ0n) is 7.81. The Balaban J connectivity index is 2.53. The topological polar surface area (TPSA) is 38.7 Å². The van der Waals surface area contributed by atoms with Crippen molar-refractivity contribution in [3.63, 3.8) is 0 Å². The molecule has 0 bridgehead atoms. The number of rotatable bonds is 4. The van der Waals surface area contributed by atoms with Gasteiger partial charge in [-0.05, 0) is 19.4 Å². The maximum absolute atomic E-state index is 8.31. The highest BCUT2D eigenvalue weighted by molar-refractivity contribution is 5.16. The van der Waals surface area contributed by atoms with Crippen LogP contribution in [-0.4, -0.2) is 11.5 Å². The van der Waals surface area contributed by atoms with Crippen molar-refractivity contribution in [1.29, 1.82) is 0 Å². The molecule has 0 aliphatic heterocycles. The molecule has 0 spiro atoms. The molecule has 0 aliphatic carbocycles. The van der Waals surface area contributed by atoms with Gasteiger partial charge in [-0.25, -0.2) is 10.1 Å². The fourth-order valence-electron chi connectivity index (χ4n) is 1.11. The quantitative estimate of drug-likeness (QED) is 0.442. The van der Waals surface area contributed by atoms with E-state index in [1.807, 2.05) is 37.3 Å². The molecule has 0 fully saturated rings. The first-order chi connectivity index (χ1) is 6.24. The van der Waals surface area contributed by atoms with Gasteiger partial charge >= 0.3 is 0 Å². The lowest BCUT2D eigenvalue weighted by Gasteiger charge is -2.16. The van der Waals surface area contributed by atoms with E-state index in [1.54, 1.807) is 6.92 Å². The molecule has 0 radical (unpaired) electrons. The minimum atomic E-state index is -0.602. The highest BCUT2D eigenvalue weighted by atomic mass is 17.1. The fraction of sp³-hybridized carbons (Fsp3) is 0.400. The van der Waals surface area contributed by atoms with Crippen molar-refractivity contribution in [2.24, 2.45) is 0 Å². The molecular formula is C10H14O3. The third kappa shape index (κ3) is 3.14. The van der Waals surface area contributed by atoms with Crippen LogP contribution < -0.4 is 0 Å². The van der Waals surface area contributed by atoms with E-state index in [2.05, 4.69) is 4.89 Å². The van der Waals surface area contributed by atoms with Crippen LogP contribution >= 0.6 is 0 Å². The predicted molar refractivity (Wildman–Crippen MR) is 49.1 cm³/mol. The van der Waals surface area contributed by atoms with Crippen molar-refractivity contribution < 1.29 is 14.9 Å². The fourth-order valence-corrected chi connectivity index (χ4v) is 1.11. The molecule has 1 aromatic carbocycles. The van der Waals surface area contributed by atoms with E-state index in [1.165, 1.54) is 0 Å². The smallest absolute Gasteiger partial charge is 0.188 e. The van der Waals surface area contributed by atoms with Crippen LogP contribution in [0.25, 0.3) is 0 Å². The first-order valence-electron chi connectivity index (χ1n) is 4.24. The Morgan fingerprint density at radius 1 is 1.15 bits per heavy atom. The number of benzene rings is 1. The standard InChI is InChI=1S/C10H14O3/c1-8(12-9(2)13-11)10-6-4-3-5-7-10/h3-9,11H,1-2H3. The van der Waals surface area contributed by atoms with E-state index in [-0.39, 0.29) is 6.10 Å². The summed E-state index contributed by atoms with van der Waals surface area (Å²) >= 11 is 0. The monoisotopic (exact) mass is 182 g/mol. The van der Waals surface area contributed by atoms with E-state index in [4.69, 9.17) is 9.99 Å². The summed E-state index contributed by atoms with van der Waals surface area (Å²) in [6, 6.07) is 9.77. The maximum Gasteiger partial charge on any atom is 0.188 e. The molecule has 1 aromatic rings. The second-order valence-corrected chi connectivity index (χ2v) is 2.86. The summed E-state index contributed by atoms with van der Waals surface area (Å²) in [5.74, 6) is 0. The van der Waals surface area contributed by atoms with Gasteiger partial charge in [-0.3, -0.25) is 0 Å². The van der Waals surface area contributed by atoms with E-state index in [9.17, 15) is 0 Å². The molecule has 1 N–H and O–H groups in total. The molecule has 0 amide bonds. The average molecular weight is 182 g/mol.